The summed E-state index contributed by atoms with van der Waals surface area (Å²) >= 11 is 0. The molecule has 8 nitrogen and oxygen atoms in total. The summed E-state index contributed by atoms with van der Waals surface area (Å²) in [5.41, 5.74) is 1.45. The highest BCUT2D eigenvalue weighted by Crippen LogP contribution is 2.39. The molecule has 0 N–H and O–H groups in total. The summed E-state index contributed by atoms with van der Waals surface area (Å²) in [6, 6.07) is 9.89. The van der Waals surface area contributed by atoms with Gasteiger partial charge in [-0.2, -0.15) is 10.1 Å². The average molecular weight is 422 g/mol. The SMILES string of the molecule is Cn1cc(C(=O)N2CCC3(CC2)CC(Cc2nc(-c4ccccc4)no2)CCO3)cn1. The van der Waals surface area contributed by atoms with Crippen LogP contribution < -0.4 is 0 Å². The third kappa shape index (κ3) is 4.25. The van der Waals surface area contributed by atoms with E-state index in [1.165, 1.54) is 0 Å². The van der Waals surface area contributed by atoms with Gasteiger partial charge in [0.2, 0.25) is 11.7 Å². The number of ether oxygens (including phenoxy) is 1. The zero-order valence-electron chi connectivity index (χ0n) is 17.7. The van der Waals surface area contributed by atoms with Gasteiger partial charge in [-0.1, -0.05) is 35.5 Å². The predicted octanol–water partition coefficient (Wildman–Crippen LogP) is 3.11. The number of hydrogen-bond acceptors (Lipinski definition) is 6. The monoisotopic (exact) mass is 421 g/mol. The molecule has 0 saturated carbocycles. The smallest absolute Gasteiger partial charge is 0.257 e. The number of aromatic nitrogens is 4. The molecular formula is C23H27N5O3. The maximum Gasteiger partial charge on any atom is 0.257 e. The van der Waals surface area contributed by atoms with Gasteiger partial charge in [0.1, 0.15) is 0 Å². The molecular weight excluding hydrogens is 394 g/mol. The van der Waals surface area contributed by atoms with Gasteiger partial charge >= 0.3 is 0 Å². The number of likely N-dealkylation sites (tertiary alicyclic amines) is 1. The highest BCUT2D eigenvalue weighted by molar-refractivity contribution is 5.93. The Morgan fingerprint density at radius 1 is 1.23 bits per heavy atom. The lowest BCUT2D eigenvalue weighted by atomic mass is 9.78. The minimum absolute atomic E-state index is 0.0506. The number of hydrogen-bond donors (Lipinski definition) is 0. The van der Waals surface area contributed by atoms with Gasteiger partial charge in [0.15, 0.2) is 0 Å². The number of piperidine rings is 1. The summed E-state index contributed by atoms with van der Waals surface area (Å²) < 4.78 is 13.5. The maximum absolute atomic E-state index is 12.7. The molecule has 5 rings (SSSR count). The van der Waals surface area contributed by atoms with Crippen LogP contribution in [0.4, 0.5) is 0 Å². The van der Waals surface area contributed by atoms with Crippen molar-refractivity contribution in [3.8, 4) is 11.4 Å². The van der Waals surface area contributed by atoms with Gasteiger partial charge in [-0.15, -0.1) is 0 Å². The number of carbonyl (C=O) groups is 1. The van der Waals surface area contributed by atoms with E-state index in [1.54, 1.807) is 17.1 Å². The molecule has 31 heavy (non-hydrogen) atoms. The molecule has 3 aromatic rings. The molecule has 1 unspecified atom stereocenters. The van der Waals surface area contributed by atoms with E-state index in [9.17, 15) is 4.79 Å². The van der Waals surface area contributed by atoms with E-state index >= 15 is 0 Å². The molecule has 8 heteroatoms. The lowest BCUT2D eigenvalue weighted by Crippen LogP contribution is -2.51. The zero-order valence-corrected chi connectivity index (χ0v) is 17.7. The van der Waals surface area contributed by atoms with Crippen molar-refractivity contribution in [3.63, 3.8) is 0 Å². The van der Waals surface area contributed by atoms with E-state index < -0.39 is 0 Å². The van der Waals surface area contributed by atoms with Gasteiger partial charge < -0.3 is 14.2 Å². The van der Waals surface area contributed by atoms with Gasteiger partial charge in [0, 0.05) is 44.9 Å². The normalized spacial score (nSPS) is 20.8. The van der Waals surface area contributed by atoms with Gasteiger partial charge in [-0.3, -0.25) is 9.48 Å². The third-order valence-electron chi connectivity index (χ3n) is 6.47. The second-order valence-corrected chi connectivity index (χ2v) is 8.67. The Hall–Kier alpha value is -3.00. The largest absolute Gasteiger partial charge is 0.375 e. The van der Waals surface area contributed by atoms with E-state index in [0.29, 0.717) is 36.3 Å². The van der Waals surface area contributed by atoms with Gasteiger partial charge in [0.05, 0.1) is 17.4 Å². The highest BCUT2D eigenvalue weighted by Gasteiger charge is 2.41. The summed E-state index contributed by atoms with van der Waals surface area (Å²) in [5, 5.41) is 8.26. The first-order chi connectivity index (χ1) is 15.1. The van der Waals surface area contributed by atoms with Crippen LogP contribution in [0.15, 0.2) is 47.2 Å². The first kappa shape index (κ1) is 19.9. The molecule has 0 radical (unpaired) electrons. The van der Waals surface area contributed by atoms with Crippen LogP contribution in [0.3, 0.4) is 0 Å². The third-order valence-corrected chi connectivity index (χ3v) is 6.47. The Kier molecular flexibility index (Phi) is 5.31. The van der Waals surface area contributed by atoms with E-state index in [2.05, 4.69) is 15.2 Å². The molecule has 1 atom stereocenters. The first-order valence-corrected chi connectivity index (χ1v) is 10.9. The van der Waals surface area contributed by atoms with Crippen LogP contribution in [0.2, 0.25) is 0 Å². The zero-order chi connectivity index (χ0) is 21.3. The molecule has 2 aliphatic heterocycles. The Bertz CT molecular complexity index is 1040. The highest BCUT2D eigenvalue weighted by atomic mass is 16.5. The summed E-state index contributed by atoms with van der Waals surface area (Å²) in [5.74, 6) is 1.82. The number of aryl methyl sites for hydroxylation is 1. The van der Waals surface area contributed by atoms with Gasteiger partial charge in [0.25, 0.3) is 5.91 Å². The molecule has 1 spiro atoms. The molecule has 2 aliphatic rings. The fourth-order valence-corrected chi connectivity index (χ4v) is 4.77. The Morgan fingerprint density at radius 3 is 2.77 bits per heavy atom. The molecule has 2 aromatic heterocycles. The van der Waals surface area contributed by atoms with Crippen LogP contribution in [0.1, 0.15) is 41.9 Å². The fourth-order valence-electron chi connectivity index (χ4n) is 4.77. The van der Waals surface area contributed by atoms with Crippen LogP contribution in [0.5, 0.6) is 0 Å². The topological polar surface area (TPSA) is 86.3 Å². The number of amides is 1. The standard InChI is InChI=1S/C23H27N5O3/c1-27-16-19(15-24-27)22(29)28-10-8-23(9-11-28)14-17(7-12-30-23)13-20-25-21(26-31-20)18-5-3-2-4-6-18/h2-6,15-17H,7-14H2,1H3. The summed E-state index contributed by atoms with van der Waals surface area (Å²) in [6.07, 6.45) is 7.84. The number of benzene rings is 1. The van der Waals surface area contributed by atoms with Crippen molar-refractivity contribution < 1.29 is 14.1 Å². The number of nitrogens with zero attached hydrogens (tertiary/aromatic N) is 5. The average Bonchev–Trinajstić information content (AvgIpc) is 3.44. The molecule has 162 valence electrons. The molecule has 1 amide bonds. The van der Waals surface area contributed by atoms with E-state index in [4.69, 9.17) is 9.26 Å². The fraction of sp³-hybridized carbons (Fsp3) is 0.478. The summed E-state index contributed by atoms with van der Waals surface area (Å²) in [7, 11) is 1.82. The summed E-state index contributed by atoms with van der Waals surface area (Å²) in [6.45, 7) is 2.15. The first-order valence-electron chi connectivity index (χ1n) is 10.9. The van der Waals surface area contributed by atoms with Crippen LogP contribution in [0, 0.1) is 5.92 Å². The molecule has 2 fully saturated rings. The van der Waals surface area contributed by atoms with Gasteiger partial charge in [-0.05, 0) is 31.6 Å². The summed E-state index contributed by atoms with van der Waals surface area (Å²) in [4.78, 5) is 19.2. The lowest BCUT2D eigenvalue weighted by Gasteiger charge is -2.46. The van der Waals surface area contributed by atoms with Gasteiger partial charge in [-0.25, -0.2) is 0 Å². The quantitative estimate of drug-likeness (QED) is 0.643. The minimum atomic E-state index is -0.156. The minimum Gasteiger partial charge on any atom is -0.375 e. The number of carbonyl (C=O) groups excluding carboxylic acids is 1. The van der Waals surface area contributed by atoms with E-state index in [-0.39, 0.29) is 11.5 Å². The maximum atomic E-state index is 12.7. The van der Waals surface area contributed by atoms with Crippen molar-refractivity contribution in [1.82, 2.24) is 24.8 Å². The number of rotatable bonds is 4. The molecule has 1 aromatic carbocycles. The Labute approximate surface area is 181 Å². The molecule has 0 bridgehead atoms. The molecule has 0 aliphatic carbocycles. The van der Waals surface area contributed by atoms with Crippen LogP contribution in [0.25, 0.3) is 11.4 Å². The van der Waals surface area contributed by atoms with Crippen LogP contribution in [-0.2, 0) is 18.2 Å². The molecule has 2 saturated heterocycles. The van der Waals surface area contributed by atoms with Crippen LogP contribution in [-0.4, -0.2) is 56.0 Å². The Morgan fingerprint density at radius 2 is 2.03 bits per heavy atom. The lowest BCUT2D eigenvalue weighted by molar-refractivity contribution is -0.124. The molecule has 4 heterocycles. The van der Waals surface area contributed by atoms with E-state index in [1.807, 2.05) is 42.3 Å². The van der Waals surface area contributed by atoms with Crippen molar-refractivity contribution >= 4 is 5.91 Å². The van der Waals surface area contributed by atoms with Crippen LogP contribution >= 0.6 is 0 Å². The van der Waals surface area contributed by atoms with Crippen molar-refractivity contribution in [2.75, 3.05) is 19.7 Å². The van der Waals surface area contributed by atoms with Crippen molar-refractivity contribution in [1.29, 1.82) is 0 Å². The van der Waals surface area contributed by atoms with Crippen molar-refractivity contribution in [2.24, 2.45) is 13.0 Å². The Balaban J connectivity index is 1.19. The predicted molar refractivity (Wildman–Crippen MR) is 113 cm³/mol. The van der Waals surface area contributed by atoms with Crippen molar-refractivity contribution in [3.05, 3.63) is 54.2 Å². The second kappa shape index (κ2) is 8.26. The van der Waals surface area contributed by atoms with Crippen molar-refractivity contribution in [2.45, 2.75) is 37.7 Å². The van der Waals surface area contributed by atoms with E-state index in [0.717, 1.165) is 44.3 Å². The second-order valence-electron chi connectivity index (χ2n) is 8.67.